The fourth-order valence-corrected chi connectivity index (χ4v) is 1.51. The summed E-state index contributed by atoms with van der Waals surface area (Å²) in [5, 5.41) is 11.8. The first-order chi connectivity index (χ1) is 8.36. The minimum absolute atomic E-state index is 0.384. The van der Waals surface area contributed by atoms with Gasteiger partial charge in [-0.15, -0.1) is 0 Å². The summed E-state index contributed by atoms with van der Waals surface area (Å²) < 4.78 is 41.6. The average molecular weight is 263 g/mol. The van der Waals surface area contributed by atoms with E-state index in [4.69, 9.17) is 9.84 Å². The lowest BCUT2D eigenvalue weighted by Crippen LogP contribution is -2.34. The number of para-hydroxylation sites is 1. The van der Waals surface area contributed by atoms with Crippen LogP contribution in [0.3, 0.4) is 0 Å². The van der Waals surface area contributed by atoms with Crippen molar-refractivity contribution in [3.63, 3.8) is 0 Å². The highest BCUT2D eigenvalue weighted by Crippen LogP contribution is 2.26. The molecule has 0 aliphatic heterocycles. The first-order valence-corrected chi connectivity index (χ1v) is 5.47. The lowest BCUT2D eigenvalue weighted by atomic mass is 10.1. The number of halogens is 3. The number of hydrogen-bond donors (Lipinski definition) is 2. The highest BCUT2D eigenvalue weighted by Gasteiger charge is 2.38. The molecule has 1 aromatic carbocycles. The molecule has 0 fully saturated rings. The molecule has 1 rings (SSSR count). The van der Waals surface area contributed by atoms with Crippen molar-refractivity contribution < 1.29 is 23.0 Å². The van der Waals surface area contributed by atoms with E-state index < -0.39 is 18.9 Å². The molecule has 0 heterocycles. The zero-order valence-corrected chi connectivity index (χ0v) is 10.2. The topological polar surface area (TPSA) is 41.5 Å². The summed E-state index contributed by atoms with van der Waals surface area (Å²) in [5.41, 5.74) is 1.49. The Labute approximate surface area is 104 Å². The van der Waals surface area contributed by atoms with E-state index in [1.165, 1.54) is 0 Å². The van der Waals surface area contributed by atoms with Crippen molar-refractivity contribution in [2.45, 2.75) is 25.7 Å². The second-order valence-corrected chi connectivity index (χ2v) is 3.96. The summed E-state index contributed by atoms with van der Waals surface area (Å²) in [7, 11) is 1.73. The van der Waals surface area contributed by atoms with Gasteiger partial charge in [-0.2, -0.15) is 13.2 Å². The number of aliphatic hydroxyl groups excluding tert-OH is 1. The Bertz CT molecular complexity index is 393. The zero-order chi connectivity index (χ0) is 13.8. The Kier molecular flexibility index (Phi) is 4.98. The van der Waals surface area contributed by atoms with Crippen LogP contribution in [0.4, 0.5) is 13.2 Å². The maximum absolute atomic E-state index is 12.2. The predicted molar refractivity (Wildman–Crippen MR) is 61.5 cm³/mol. The van der Waals surface area contributed by atoms with E-state index in [2.05, 4.69) is 5.32 Å². The van der Waals surface area contributed by atoms with Crippen molar-refractivity contribution in [3.8, 4) is 5.75 Å². The van der Waals surface area contributed by atoms with Gasteiger partial charge in [-0.1, -0.05) is 18.2 Å². The van der Waals surface area contributed by atoms with E-state index in [0.29, 0.717) is 12.3 Å². The Morgan fingerprint density at radius 3 is 2.61 bits per heavy atom. The molecule has 0 spiro atoms. The molecule has 0 aliphatic rings. The van der Waals surface area contributed by atoms with Crippen LogP contribution in [0, 0.1) is 6.92 Å². The molecule has 3 nitrogen and oxygen atoms in total. The molecular formula is C12H16F3NO2. The van der Waals surface area contributed by atoms with E-state index in [0.717, 1.165) is 11.1 Å². The molecule has 0 saturated heterocycles. The van der Waals surface area contributed by atoms with Crippen LogP contribution < -0.4 is 10.1 Å². The van der Waals surface area contributed by atoms with Gasteiger partial charge >= 0.3 is 6.18 Å². The Morgan fingerprint density at radius 1 is 1.39 bits per heavy atom. The summed E-state index contributed by atoms with van der Waals surface area (Å²) in [6.45, 7) is 1.43. The highest BCUT2D eigenvalue weighted by atomic mass is 19.4. The maximum Gasteiger partial charge on any atom is 0.417 e. The van der Waals surface area contributed by atoms with Crippen molar-refractivity contribution in [3.05, 3.63) is 29.3 Å². The van der Waals surface area contributed by atoms with Gasteiger partial charge in [-0.05, 0) is 19.5 Å². The van der Waals surface area contributed by atoms with Gasteiger partial charge in [0, 0.05) is 12.1 Å². The van der Waals surface area contributed by atoms with Crippen molar-refractivity contribution in [2.24, 2.45) is 0 Å². The Balaban J connectivity index is 2.77. The smallest absolute Gasteiger partial charge is 0.417 e. The van der Waals surface area contributed by atoms with Crippen molar-refractivity contribution in [2.75, 3.05) is 13.7 Å². The minimum Gasteiger partial charge on any atom is -0.490 e. The molecule has 0 bridgehead atoms. The van der Waals surface area contributed by atoms with E-state index in [1.807, 2.05) is 0 Å². The van der Waals surface area contributed by atoms with Crippen molar-refractivity contribution >= 4 is 0 Å². The van der Waals surface area contributed by atoms with Gasteiger partial charge in [-0.3, -0.25) is 0 Å². The summed E-state index contributed by atoms with van der Waals surface area (Å²) in [5.74, 6) is 0.384. The predicted octanol–water partition coefficient (Wildman–Crippen LogP) is 2.02. The van der Waals surface area contributed by atoms with Gasteiger partial charge < -0.3 is 15.2 Å². The molecule has 0 saturated carbocycles. The van der Waals surface area contributed by atoms with Gasteiger partial charge in [0.05, 0.1) is 0 Å². The Hall–Kier alpha value is -1.27. The summed E-state index contributed by atoms with van der Waals surface area (Å²) in [4.78, 5) is 0. The third kappa shape index (κ3) is 3.89. The lowest BCUT2D eigenvalue weighted by Gasteiger charge is -2.18. The number of rotatable bonds is 5. The molecule has 1 atom stereocenters. The fourth-order valence-electron chi connectivity index (χ4n) is 1.51. The van der Waals surface area contributed by atoms with Crippen LogP contribution in [0.2, 0.25) is 0 Å². The third-order valence-electron chi connectivity index (χ3n) is 2.42. The molecule has 0 aliphatic carbocycles. The molecule has 0 radical (unpaired) electrons. The molecule has 1 unspecified atom stereocenters. The summed E-state index contributed by atoms with van der Waals surface area (Å²) in [6, 6.07) is 5.31. The second-order valence-electron chi connectivity index (χ2n) is 3.96. The normalized spacial score (nSPS) is 13.4. The molecule has 18 heavy (non-hydrogen) atoms. The van der Waals surface area contributed by atoms with Gasteiger partial charge in [0.2, 0.25) is 0 Å². The molecular weight excluding hydrogens is 247 g/mol. The standard InChI is InChI=1S/C12H16F3NO2/c1-8-4-3-5-9(6-16-2)11(8)18-7-10(17)12(13,14)15/h3-5,10,16-17H,6-7H2,1-2H3. The first kappa shape index (κ1) is 14.8. The van der Waals surface area contributed by atoms with Crippen LogP contribution in [-0.2, 0) is 6.54 Å². The van der Waals surface area contributed by atoms with E-state index in [9.17, 15) is 13.2 Å². The molecule has 1 aromatic rings. The zero-order valence-electron chi connectivity index (χ0n) is 10.2. The van der Waals surface area contributed by atoms with Crippen molar-refractivity contribution in [1.82, 2.24) is 5.32 Å². The molecule has 2 N–H and O–H groups in total. The average Bonchev–Trinajstić information content (AvgIpc) is 2.27. The quantitative estimate of drug-likeness (QED) is 0.854. The second kappa shape index (κ2) is 6.06. The number of aryl methyl sites for hydroxylation is 1. The van der Waals surface area contributed by atoms with Crippen LogP contribution in [0.1, 0.15) is 11.1 Å². The van der Waals surface area contributed by atoms with Crippen LogP contribution in [0.5, 0.6) is 5.75 Å². The lowest BCUT2D eigenvalue weighted by molar-refractivity contribution is -0.210. The van der Waals surface area contributed by atoms with E-state index >= 15 is 0 Å². The summed E-state index contributed by atoms with van der Waals surface area (Å²) >= 11 is 0. The van der Waals surface area contributed by atoms with Gasteiger partial charge in [0.25, 0.3) is 0 Å². The van der Waals surface area contributed by atoms with Crippen LogP contribution in [0.25, 0.3) is 0 Å². The monoisotopic (exact) mass is 263 g/mol. The number of benzene rings is 1. The van der Waals surface area contributed by atoms with E-state index in [1.54, 1.807) is 32.2 Å². The molecule has 0 aromatic heterocycles. The molecule has 6 heteroatoms. The SMILES string of the molecule is CNCc1cccc(C)c1OCC(O)C(F)(F)F. The van der Waals surface area contributed by atoms with Gasteiger partial charge in [-0.25, -0.2) is 0 Å². The van der Waals surface area contributed by atoms with Gasteiger partial charge in [0.1, 0.15) is 12.4 Å². The minimum atomic E-state index is -4.66. The summed E-state index contributed by atoms with van der Waals surface area (Å²) in [6.07, 6.45) is -7.13. The van der Waals surface area contributed by atoms with Crippen LogP contribution >= 0.6 is 0 Å². The molecule has 0 amide bonds. The van der Waals surface area contributed by atoms with E-state index in [-0.39, 0.29) is 0 Å². The van der Waals surface area contributed by atoms with Gasteiger partial charge in [0.15, 0.2) is 6.10 Å². The first-order valence-electron chi connectivity index (χ1n) is 5.47. The van der Waals surface area contributed by atoms with Crippen LogP contribution in [-0.4, -0.2) is 31.0 Å². The third-order valence-corrected chi connectivity index (χ3v) is 2.42. The number of aliphatic hydroxyl groups is 1. The number of alkyl halides is 3. The van der Waals surface area contributed by atoms with Crippen molar-refractivity contribution in [1.29, 1.82) is 0 Å². The fraction of sp³-hybridized carbons (Fsp3) is 0.500. The number of hydrogen-bond acceptors (Lipinski definition) is 3. The Morgan fingerprint density at radius 2 is 2.06 bits per heavy atom. The maximum atomic E-state index is 12.2. The highest BCUT2D eigenvalue weighted by molar-refractivity contribution is 5.40. The van der Waals surface area contributed by atoms with Crippen LogP contribution in [0.15, 0.2) is 18.2 Å². The number of ether oxygens (including phenoxy) is 1. The largest absolute Gasteiger partial charge is 0.490 e. The molecule has 102 valence electrons. The number of nitrogens with one attached hydrogen (secondary N) is 1.